The zero-order valence-corrected chi connectivity index (χ0v) is 11.7. The summed E-state index contributed by atoms with van der Waals surface area (Å²) in [4.78, 5) is 11.9. The van der Waals surface area contributed by atoms with Gasteiger partial charge in [0.05, 0.1) is 7.11 Å². The summed E-state index contributed by atoms with van der Waals surface area (Å²) in [6, 6.07) is 8.95. The van der Waals surface area contributed by atoms with Crippen LogP contribution in [0.15, 0.2) is 36.4 Å². The molecular formula is C16H15FO4. The van der Waals surface area contributed by atoms with Crippen LogP contribution in [0.2, 0.25) is 0 Å². The Bertz CT molecular complexity index is 667. The van der Waals surface area contributed by atoms with Gasteiger partial charge in [-0.1, -0.05) is 17.7 Å². The van der Waals surface area contributed by atoms with Gasteiger partial charge in [0.25, 0.3) is 0 Å². The van der Waals surface area contributed by atoms with Crippen LogP contribution in [0.1, 0.15) is 21.5 Å². The van der Waals surface area contributed by atoms with Crippen molar-refractivity contribution in [3.63, 3.8) is 0 Å². The Morgan fingerprint density at radius 2 is 2.00 bits per heavy atom. The number of esters is 1. The molecule has 2 aromatic carbocycles. The molecule has 0 saturated heterocycles. The molecule has 0 atom stereocenters. The van der Waals surface area contributed by atoms with Crippen molar-refractivity contribution in [1.29, 1.82) is 0 Å². The highest BCUT2D eigenvalue weighted by atomic mass is 19.1. The smallest absolute Gasteiger partial charge is 0.342 e. The van der Waals surface area contributed by atoms with Gasteiger partial charge in [-0.05, 0) is 36.8 Å². The third-order valence-electron chi connectivity index (χ3n) is 2.96. The van der Waals surface area contributed by atoms with Gasteiger partial charge < -0.3 is 14.6 Å². The number of aromatic hydroxyl groups is 1. The molecule has 0 aromatic heterocycles. The van der Waals surface area contributed by atoms with E-state index >= 15 is 0 Å². The van der Waals surface area contributed by atoms with Crippen molar-refractivity contribution in [2.75, 3.05) is 7.11 Å². The van der Waals surface area contributed by atoms with E-state index in [1.165, 1.54) is 31.4 Å². The topological polar surface area (TPSA) is 55.8 Å². The standard InChI is InChI=1S/C16H15FO4/c1-10-3-5-14(18)12(7-10)16(19)21-9-11-4-6-15(20-2)13(17)8-11/h3-8,18H,9H2,1-2H3. The summed E-state index contributed by atoms with van der Waals surface area (Å²) >= 11 is 0. The molecule has 21 heavy (non-hydrogen) atoms. The van der Waals surface area contributed by atoms with E-state index in [9.17, 15) is 14.3 Å². The van der Waals surface area contributed by atoms with Gasteiger partial charge in [0.1, 0.15) is 17.9 Å². The Kier molecular flexibility index (Phi) is 4.42. The van der Waals surface area contributed by atoms with E-state index in [1.807, 2.05) is 0 Å². The molecule has 2 rings (SSSR count). The highest BCUT2D eigenvalue weighted by Gasteiger charge is 2.13. The van der Waals surface area contributed by atoms with Crippen molar-refractivity contribution in [1.82, 2.24) is 0 Å². The van der Waals surface area contributed by atoms with Gasteiger partial charge >= 0.3 is 5.97 Å². The molecule has 110 valence electrons. The fraction of sp³-hybridized carbons (Fsp3) is 0.188. The number of carbonyl (C=O) groups excluding carboxylic acids is 1. The van der Waals surface area contributed by atoms with Gasteiger partial charge in [-0.3, -0.25) is 0 Å². The number of halogens is 1. The van der Waals surface area contributed by atoms with Crippen LogP contribution in [0.25, 0.3) is 0 Å². The van der Waals surface area contributed by atoms with E-state index in [-0.39, 0.29) is 23.7 Å². The molecule has 0 radical (unpaired) electrons. The Morgan fingerprint density at radius 1 is 1.24 bits per heavy atom. The van der Waals surface area contributed by atoms with Crippen molar-refractivity contribution < 1.29 is 23.8 Å². The molecule has 0 amide bonds. The van der Waals surface area contributed by atoms with Gasteiger partial charge in [0, 0.05) is 0 Å². The van der Waals surface area contributed by atoms with Crippen LogP contribution in [0.3, 0.4) is 0 Å². The fourth-order valence-electron chi connectivity index (χ4n) is 1.84. The van der Waals surface area contributed by atoms with Crippen LogP contribution in [-0.2, 0) is 11.3 Å². The van der Waals surface area contributed by atoms with Gasteiger partial charge in [0.15, 0.2) is 11.6 Å². The number of methoxy groups -OCH3 is 1. The van der Waals surface area contributed by atoms with E-state index in [2.05, 4.69) is 0 Å². The van der Waals surface area contributed by atoms with Crippen molar-refractivity contribution in [2.24, 2.45) is 0 Å². The molecule has 0 saturated carbocycles. The van der Waals surface area contributed by atoms with Crippen molar-refractivity contribution in [3.05, 3.63) is 58.9 Å². The molecule has 1 N–H and O–H groups in total. The minimum absolute atomic E-state index is 0.0870. The van der Waals surface area contributed by atoms with Gasteiger partial charge in [-0.25, -0.2) is 9.18 Å². The summed E-state index contributed by atoms with van der Waals surface area (Å²) in [5, 5.41) is 9.64. The number of benzene rings is 2. The average Bonchev–Trinajstić information content (AvgIpc) is 2.47. The summed E-state index contributed by atoms with van der Waals surface area (Å²) in [7, 11) is 1.37. The molecule has 4 nitrogen and oxygen atoms in total. The van der Waals surface area contributed by atoms with Crippen LogP contribution in [0.5, 0.6) is 11.5 Å². The zero-order valence-electron chi connectivity index (χ0n) is 11.7. The Labute approximate surface area is 121 Å². The highest BCUT2D eigenvalue weighted by Crippen LogP contribution is 2.21. The lowest BCUT2D eigenvalue weighted by atomic mass is 10.1. The second-order valence-electron chi connectivity index (χ2n) is 4.57. The average molecular weight is 290 g/mol. The number of hydrogen-bond acceptors (Lipinski definition) is 4. The zero-order chi connectivity index (χ0) is 15.4. The molecule has 0 spiro atoms. The maximum absolute atomic E-state index is 13.5. The molecule has 5 heteroatoms. The first-order chi connectivity index (χ1) is 10.0. The number of phenols is 1. The van der Waals surface area contributed by atoms with E-state index in [0.717, 1.165) is 5.56 Å². The lowest BCUT2D eigenvalue weighted by molar-refractivity contribution is 0.0469. The predicted molar refractivity (Wildman–Crippen MR) is 74.9 cm³/mol. The number of phenolic OH excluding ortho intramolecular Hbond substituents is 1. The maximum atomic E-state index is 13.5. The van der Waals surface area contributed by atoms with Crippen LogP contribution in [-0.4, -0.2) is 18.2 Å². The van der Waals surface area contributed by atoms with Crippen LogP contribution >= 0.6 is 0 Å². The molecule has 0 unspecified atom stereocenters. The normalized spacial score (nSPS) is 10.2. The van der Waals surface area contributed by atoms with Crippen LogP contribution in [0, 0.1) is 12.7 Å². The third-order valence-corrected chi connectivity index (χ3v) is 2.96. The Balaban J connectivity index is 2.07. The fourth-order valence-corrected chi connectivity index (χ4v) is 1.84. The number of ether oxygens (including phenoxy) is 2. The highest BCUT2D eigenvalue weighted by molar-refractivity contribution is 5.92. The third kappa shape index (κ3) is 3.51. The predicted octanol–water partition coefficient (Wildman–Crippen LogP) is 3.21. The molecule has 0 aliphatic rings. The molecule has 0 bridgehead atoms. The lowest BCUT2D eigenvalue weighted by Gasteiger charge is -2.08. The van der Waals surface area contributed by atoms with Crippen molar-refractivity contribution in [2.45, 2.75) is 13.5 Å². The lowest BCUT2D eigenvalue weighted by Crippen LogP contribution is -2.06. The molecule has 0 heterocycles. The van der Waals surface area contributed by atoms with Gasteiger partial charge in [-0.2, -0.15) is 0 Å². The first-order valence-corrected chi connectivity index (χ1v) is 6.30. The number of rotatable bonds is 4. The van der Waals surface area contributed by atoms with E-state index in [1.54, 1.807) is 19.1 Å². The first kappa shape index (κ1) is 14.8. The first-order valence-electron chi connectivity index (χ1n) is 6.30. The second kappa shape index (κ2) is 6.26. The quantitative estimate of drug-likeness (QED) is 0.878. The van der Waals surface area contributed by atoms with Crippen molar-refractivity contribution >= 4 is 5.97 Å². The Morgan fingerprint density at radius 3 is 2.67 bits per heavy atom. The summed E-state index contributed by atoms with van der Waals surface area (Å²) in [5.41, 5.74) is 1.41. The van der Waals surface area contributed by atoms with E-state index in [4.69, 9.17) is 9.47 Å². The monoisotopic (exact) mass is 290 g/mol. The number of hydrogen-bond donors (Lipinski definition) is 1. The van der Waals surface area contributed by atoms with Crippen LogP contribution in [0.4, 0.5) is 4.39 Å². The molecule has 2 aromatic rings. The molecule has 0 fully saturated rings. The molecule has 0 aliphatic heterocycles. The summed E-state index contributed by atoms with van der Waals surface area (Å²) < 4.78 is 23.4. The minimum Gasteiger partial charge on any atom is -0.507 e. The molecule has 0 aliphatic carbocycles. The van der Waals surface area contributed by atoms with Gasteiger partial charge in [0.2, 0.25) is 0 Å². The number of aryl methyl sites for hydroxylation is 1. The van der Waals surface area contributed by atoms with Crippen LogP contribution < -0.4 is 4.74 Å². The Hall–Kier alpha value is -2.56. The van der Waals surface area contributed by atoms with Crippen molar-refractivity contribution in [3.8, 4) is 11.5 Å². The summed E-state index contributed by atoms with van der Waals surface area (Å²) in [5.74, 6) is -1.20. The van der Waals surface area contributed by atoms with E-state index < -0.39 is 11.8 Å². The minimum atomic E-state index is -0.660. The van der Waals surface area contributed by atoms with E-state index in [0.29, 0.717) is 5.56 Å². The maximum Gasteiger partial charge on any atom is 0.342 e. The second-order valence-corrected chi connectivity index (χ2v) is 4.57. The SMILES string of the molecule is COc1ccc(COC(=O)c2cc(C)ccc2O)cc1F. The number of carbonyl (C=O) groups is 1. The summed E-state index contributed by atoms with van der Waals surface area (Å²) in [6.45, 7) is 1.71. The van der Waals surface area contributed by atoms with Gasteiger partial charge in [-0.15, -0.1) is 0 Å². The molecular weight excluding hydrogens is 275 g/mol. The summed E-state index contributed by atoms with van der Waals surface area (Å²) in [6.07, 6.45) is 0. The largest absolute Gasteiger partial charge is 0.507 e.